The van der Waals surface area contributed by atoms with Gasteiger partial charge in [-0.25, -0.2) is 0 Å². The highest BCUT2D eigenvalue weighted by atomic mass is 15.1. The minimum atomic E-state index is 0.341. The van der Waals surface area contributed by atoms with E-state index in [0.717, 1.165) is 19.6 Å². The van der Waals surface area contributed by atoms with Gasteiger partial charge in [-0.3, -0.25) is 4.98 Å². The van der Waals surface area contributed by atoms with Crippen LogP contribution < -0.4 is 5.73 Å². The molecule has 2 N–H and O–H groups in total. The van der Waals surface area contributed by atoms with Gasteiger partial charge in [-0.2, -0.15) is 0 Å². The van der Waals surface area contributed by atoms with Gasteiger partial charge in [-0.1, -0.05) is 31.7 Å². The number of pyridine rings is 1. The molecule has 0 atom stereocenters. The van der Waals surface area contributed by atoms with Crippen molar-refractivity contribution in [2.24, 2.45) is 11.1 Å². The van der Waals surface area contributed by atoms with Gasteiger partial charge < -0.3 is 10.6 Å². The van der Waals surface area contributed by atoms with Crippen LogP contribution in [0.3, 0.4) is 0 Å². The van der Waals surface area contributed by atoms with Gasteiger partial charge in [0.15, 0.2) is 0 Å². The van der Waals surface area contributed by atoms with E-state index < -0.39 is 0 Å². The van der Waals surface area contributed by atoms with Gasteiger partial charge in [0.05, 0.1) is 0 Å². The lowest BCUT2D eigenvalue weighted by molar-refractivity contribution is 0.153. The van der Waals surface area contributed by atoms with Crippen LogP contribution in [0.5, 0.6) is 0 Å². The summed E-state index contributed by atoms with van der Waals surface area (Å²) in [7, 11) is 2.20. The predicted molar refractivity (Wildman–Crippen MR) is 79.8 cm³/mol. The summed E-state index contributed by atoms with van der Waals surface area (Å²) >= 11 is 0. The molecule has 1 aliphatic rings. The summed E-state index contributed by atoms with van der Waals surface area (Å²) in [4.78, 5) is 6.60. The van der Waals surface area contributed by atoms with Crippen molar-refractivity contribution in [3.63, 3.8) is 0 Å². The van der Waals surface area contributed by atoms with Crippen LogP contribution in [-0.2, 0) is 6.54 Å². The molecule has 0 bridgehead atoms. The van der Waals surface area contributed by atoms with Crippen LogP contribution in [0.15, 0.2) is 24.5 Å². The highest BCUT2D eigenvalue weighted by molar-refractivity contribution is 5.08. The van der Waals surface area contributed by atoms with Gasteiger partial charge in [0.1, 0.15) is 0 Å². The lowest BCUT2D eigenvalue weighted by Crippen LogP contribution is -2.40. The molecule has 1 aliphatic carbocycles. The van der Waals surface area contributed by atoms with Crippen LogP contribution in [0.4, 0.5) is 0 Å². The van der Waals surface area contributed by atoms with E-state index in [4.69, 9.17) is 5.73 Å². The van der Waals surface area contributed by atoms with Crippen LogP contribution >= 0.6 is 0 Å². The summed E-state index contributed by atoms with van der Waals surface area (Å²) in [6.45, 7) is 2.90. The van der Waals surface area contributed by atoms with Crippen molar-refractivity contribution in [3.05, 3.63) is 30.1 Å². The summed E-state index contributed by atoms with van der Waals surface area (Å²) < 4.78 is 0. The molecule has 1 fully saturated rings. The van der Waals surface area contributed by atoms with E-state index in [2.05, 4.69) is 23.0 Å². The van der Waals surface area contributed by atoms with Crippen LogP contribution in [-0.4, -0.2) is 30.0 Å². The Kier molecular flexibility index (Phi) is 5.34. The molecule has 19 heavy (non-hydrogen) atoms. The fourth-order valence-electron chi connectivity index (χ4n) is 3.34. The summed E-state index contributed by atoms with van der Waals surface area (Å²) in [6, 6.07) is 4.15. The molecule has 1 aromatic rings. The van der Waals surface area contributed by atoms with Crippen molar-refractivity contribution < 1.29 is 0 Å². The molecular formula is C16H27N3. The van der Waals surface area contributed by atoms with Gasteiger partial charge in [0.25, 0.3) is 0 Å². The topological polar surface area (TPSA) is 42.2 Å². The van der Waals surface area contributed by atoms with Crippen LogP contribution in [0.2, 0.25) is 0 Å². The maximum Gasteiger partial charge on any atom is 0.0312 e. The summed E-state index contributed by atoms with van der Waals surface area (Å²) in [5, 5.41) is 0. The summed E-state index contributed by atoms with van der Waals surface area (Å²) in [5.41, 5.74) is 7.73. The minimum Gasteiger partial charge on any atom is -0.330 e. The average Bonchev–Trinajstić information content (AvgIpc) is 2.66. The van der Waals surface area contributed by atoms with Crippen LogP contribution in [0.25, 0.3) is 0 Å². The van der Waals surface area contributed by atoms with Crippen molar-refractivity contribution in [1.82, 2.24) is 9.88 Å². The lowest BCUT2D eigenvalue weighted by atomic mass is 9.80. The predicted octanol–water partition coefficient (Wildman–Crippen LogP) is 2.81. The number of hydrogen-bond donors (Lipinski definition) is 1. The average molecular weight is 261 g/mol. The molecule has 1 saturated carbocycles. The standard InChI is InChI=1S/C16H27N3/c1-19(12-15-7-6-10-18-11-15)14-16(13-17)8-4-2-3-5-9-16/h6-7,10-11H,2-5,8-9,12-14,17H2,1H3. The van der Waals surface area contributed by atoms with Gasteiger partial charge in [0.2, 0.25) is 0 Å². The van der Waals surface area contributed by atoms with E-state index in [9.17, 15) is 0 Å². The first-order valence-electron chi connectivity index (χ1n) is 7.52. The molecule has 0 amide bonds. The van der Waals surface area contributed by atoms with E-state index in [0.29, 0.717) is 5.41 Å². The molecule has 0 spiro atoms. The number of rotatable bonds is 5. The molecule has 2 rings (SSSR count). The normalized spacial score (nSPS) is 19.3. The van der Waals surface area contributed by atoms with Crippen molar-refractivity contribution in [2.75, 3.05) is 20.1 Å². The first kappa shape index (κ1) is 14.5. The van der Waals surface area contributed by atoms with E-state index in [-0.39, 0.29) is 0 Å². The highest BCUT2D eigenvalue weighted by Crippen LogP contribution is 2.34. The monoisotopic (exact) mass is 261 g/mol. The van der Waals surface area contributed by atoms with Gasteiger partial charge in [0, 0.05) is 25.5 Å². The smallest absolute Gasteiger partial charge is 0.0312 e. The number of hydrogen-bond acceptors (Lipinski definition) is 3. The quantitative estimate of drug-likeness (QED) is 0.829. The second-order valence-electron chi connectivity index (χ2n) is 6.15. The third-order valence-corrected chi connectivity index (χ3v) is 4.38. The van der Waals surface area contributed by atoms with E-state index in [1.165, 1.54) is 44.1 Å². The lowest BCUT2D eigenvalue weighted by Gasteiger charge is -2.35. The van der Waals surface area contributed by atoms with Gasteiger partial charge in [-0.05, 0) is 43.5 Å². The Morgan fingerprint density at radius 3 is 2.58 bits per heavy atom. The number of nitrogens with two attached hydrogens (primary N) is 1. The largest absolute Gasteiger partial charge is 0.330 e. The molecule has 106 valence electrons. The minimum absolute atomic E-state index is 0.341. The van der Waals surface area contributed by atoms with Crippen LogP contribution in [0.1, 0.15) is 44.1 Å². The fourth-order valence-corrected chi connectivity index (χ4v) is 3.34. The van der Waals surface area contributed by atoms with E-state index in [1.54, 1.807) is 0 Å². The zero-order valence-corrected chi connectivity index (χ0v) is 12.1. The second-order valence-corrected chi connectivity index (χ2v) is 6.15. The van der Waals surface area contributed by atoms with E-state index in [1.807, 2.05) is 18.5 Å². The molecular weight excluding hydrogens is 234 g/mol. The van der Waals surface area contributed by atoms with Crippen molar-refractivity contribution in [2.45, 2.75) is 45.1 Å². The highest BCUT2D eigenvalue weighted by Gasteiger charge is 2.30. The zero-order valence-electron chi connectivity index (χ0n) is 12.1. The maximum absolute atomic E-state index is 6.11. The second kappa shape index (κ2) is 7.01. The fraction of sp³-hybridized carbons (Fsp3) is 0.688. The molecule has 1 aromatic heterocycles. The third kappa shape index (κ3) is 4.29. The SMILES string of the molecule is CN(Cc1cccnc1)CC1(CN)CCCCCC1. The first-order chi connectivity index (χ1) is 9.24. The van der Waals surface area contributed by atoms with Crippen molar-refractivity contribution >= 4 is 0 Å². The first-order valence-corrected chi connectivity index (χ1v) is 7.52. The number of nitrogens with zero attached hydrogens (tertiary/aromatic N) is 2. The molecule has 1 heterocycles. The Hall–Kier alpha value is -0.930. The zero-order chi connectivity index (χ0) is 13.6. The van der Waals surface area contributed by atoms with Gasteiger partial charge in [-0.15, -0.1) is 0 Å². The van der Waals surface area contributed by atoms with E-state index >= 15 is 0 Å². The molecule has 0 aromatic carbocycles. The summed E-state index contributed by atoms with van der Waals surface area (Å²) in [6.07, 6.45) is 11.8. The number of aromatic nitrogens is 1. The maximum atomic E-state index is 6.11. The molecule has 3 nitrogen and oxygen atoms in total. The van der Waals surface area contributed by atoms with Crippen LogP contribution in [0, 0.1) is 5.41 Å². The Balaban J connectivity index is 1.93. The summed E-state index contributed by atoms with van der Waals surface area (Å²) in [5.74, 6) is 0. The van der Waals surface area contributed by atoms with Gasteiger partial charge >= 0.3 is 0 Å². The van der Waals surface area contributed by atoms with Crippen molar-refractivity contribution in [1.29, 1.82) is 0 Å². The Morgan fingerprint density at radius 1 is 1.26 bits per heavy atom. The molecule has 0 aliphatic heterocycles. The Labute approximate surface area is 117 Å². The van der Waals surface area contributed by atoms with Crippen molar-refractivity contribution in [3.8, 4) is 0 Å². The molecule has 3 heteroatoms. The third-order valence-electron chi connectivity index (χ3n) is 4.38. The molecule has 0 unspecified atom stereocenters. The molecule has 0 radical (unpaired) electrons. The Bertz CT molecular complexity index is 356. The molecule has 0 saturated heterocycles. The Morgan fingerprint density at radius 2 is 2.00 bits per heavy atom.